The maximum Gasteiger partial charge on any atom is 0.0770 e. The van der Waals surface area contributed by atoms with Gasteiger partial charge in [0.25, 0.3) is 0 Å². The van der Waals surface area contributed by atoms with Crippen molar-refractivity contribution in [2.45, 2.75) is 39.8 Å². The van der Waals surface area contributed by atoms with Gasteiger partial charge in [0.2, 0.25) is 0 Å². The molecule has 0 saturated carbocycles. The summed E-state index contributed by atoms with van der Waals surface area (Å²) in [5.41, 5.74) is 3.67. The predicted octanol–water partition coefficient (Wildman–Crippen LogP) is 4.83. The molecule has 0 bridgehead atoms. The first kappa shape index (κ1) is 16.7. The number of nitrogens with one attached hydrogen (secondary N) is 1. The van der Waals surface area contributed by atoms with Gasteiger partial charge < -0.3 is 5.32 Å². The number of hydrogen-bond acceptors (Lipinski definition) is 2. The highest BCUT2D eigenvalue weighted by molar-refractivity contribution is 9.10. The van der Waals surface area contributed by atoms with E-state index >= 15 is 0 Å². The van der Waals surface area contributed by atoms with E-state index in [1.165, 1.54) is 16.8 Å². The van der Waals surface area contributed by atoms with Gasteiger partial charge in [-0.1, -0.05) is 41.9 Å². The molecule has 0 spiro atoms. The van der Waals surface area contributed by atoms with Crippen LogP contribution in [0, 0.1) is 6.92 Å². The molecule has 21 heavy (non-hydrogen) atoms. The van der Waals surface area contributed by atoms with Gasteiger partial charge >= 0.3 is 0 Å². The molecule has 1 heterocycles. The fourth-order valence-corrected chi connectivity index (χ4v) is 3.72. The van der Waals surface area contributed by atoms with E-state index in [9.17, 15) is 0 Å². The van der Waals surface area contributed by atoms with Gasteiger partial charge in [0.05, 0.1) is 22.4 Å². The van der Waals surface area contributed by atoms with E-state index in [1.807, 2.05) is 6.20 Å². The van der Waals surface area contributed by atoms with Crippen molar-refractivity contribution in [1.82, 2.24) is 15.1 Å². The van der Waals surface area contributed by atoms with E-state index in [2.05, 4.69) is 85.9 Å². The van der Waals surface area contributed by atoms with Crippen LogP contribution in [0.2, 0.25) is 0 Å². The molecule has 1 aromatic carbocycles. The first-order valence-corrected chi connectivity index (χ1v) is 8.87. The molecule has 114 valence electrons. The minimum Gasteiger partial charge on any atom is -0.305 e. The summed E-state index contributed by atoms with van der Waals surface area (Å²) in [5, 5.41) is 8.08. The number of aryl methyl sites for hydroxylation is 2. The highest BCUT2D eigenvalue weighted by atomic mass is 79.9. The zero-order chi connectivity index (χ0) is 15.4. The standard InChI is InChI=1S/C16H21Br2N3/c1-4-8-21-16(14(18)10-20-21)15(19-5-2)12-7-6-11(3)9-13(12)17/h6-7,9-10,15,19H,4-5,8H2,1-3H3. The second-order valence-electron chi connectivity index (χ2n) is 5.12. The zero-order valence-corrected chi connectivity index (χ0v) is 15.8. The fourth-order valence-electron chi connectivity index (χ4n) is 2.47. The summed E-state index contributed by atoms with van der Waals surface area (Å²) in [6, 6.07) is 6.61. The minimum absolute atomic E-state index is 0.119. The second-order valence-corrected chi connectivity index (χ2v) is 6.83. The predicted molar refractivity (Wildman–Crippen MR) is 94.6 cm³/mol. The second kappa shape index (κ2) is 7.56. The number of aromatic nitrogens is 2. The van der Waals surface area contributed by atoms with Crippen LogP contribution in [0.15, 0.2) is 33.3 Å². The zero-order valence-electron chi connectivity index (χ0n) is 12.7. The summed E-state index contributed by atoms with van der Waals surface area (Å²) < 4.78 is 4.27. The van der Waals surface area contributed by atoms with Crippen molar-refractivity contribution >= 4 is 31.9 Å². The van der Waals surface area contributed by atoms with Crippen LogP contribution >= 0.6 is 31.9 Å². The van der Waals surface area contributed by atoms with Gasteiger partial charge in [-0.3, -0.25) is 4.68 Å². The number of nitrogens with zero attached hydrogens (tertiary/aromatic N) is 2. The molecule has 0 radical (unpaired) electrons. The molecule has 0 fully saturated rings. The van der Waals surface area contributed by atoms with Crippen molar-refractivity contribution in [3.05, 3.63) is 50.2 Å². The normalized spacial score (nSPS) is 12.6. The Morgan fingerprint density at radius 1 is 1.24 bits per heavy atom. The SMILES string of the molecule is CCCn1ncc(Br)c1C(NCC)c1ccc(C)cc1Br. The average molecular weight is 415 g/mol. The van der Waals surface area contributed by atoms with Crippen molar-refractivity contribution in [2.24, 2.45) is 0 Å². The Hall–Kier alpha value is -0.650. The highest BCUT2D eigenvalue weighted by Crippen LogP contribution is 2.33. The molecule has 0 aliphatic heterocycles. The fraction of sp³-hybridized carbons (Fsp3) is 0.438. The van der Waals surface area contributed by atoms with Gasteiger partial charge in [-0.2, -0.15) is 5.10 Å². The summed E-state index contributed by atoms with van der Waals surface area (Å²) in [6.45, 7) is 8.22. The van der Waals surface area contributed by atoms with E-state index < -0.39 is 0 Å². The van der Waals surface area contributed by atoms with Crippen LogP contribution in [-0.4, -0.2) is 16.3 Å². The minimum atomic E-state index is 0.119. The van der Waals surface area contributed by atoms with E-state index in [0.717, 1.165) is 28.5 Å². The highest BCUT2D eigenvalue weighted by Gasteiger charge is 2.22. The molecule has 1 unspecified atom stereocenters. The van der Waals surface area contributed by atoms with Gasteiger partial charge in [-0.05, 0) is 53.0 Å². The van der Waals surface area contributed by atoms with Crippen LogP contribution in [0.25, 0.3) is 0 Å². The third-order valence-electron chi connectivity index (χ3n) is 3.42. The number of halogens is 2. The summed E-state index contributed by atoms with van der Waals surface area (Å²) in [4.78, 5) is 0. The largest absolute Gasteiger partial charge is 0.305 e. The van der Waals surface area contributed by atoms with Crippen LogP contribution in [-0.2, 0) is 6.54 Å². The molecule has 2 aromatic rings. The molecule has 0 aliphatic rings. The van der Waals surface area contributed by atoms with Crippen LogP contribution in [0.1, 0.15) is 43.1 Å². The Morgan fingerprint density at radius 2 is 2.00 bits per heavy atom. The molecule has 1 atom stereocenters. The van der Waals surface area contributed by atoms with Crippen molar-refractivity contribution in [3.8, 4) is 0 Å². The Bertz CT molecular complexity index is 608. The number of rotatable bonds is 6. The molecular formula is C16H21Br2N3. The molecule has 5 heteroatoms. The average Bonchev–Trinajstić information content (AvgIpc) is 2.79. The van der Waals surface area contributed by atoms with Crippen LogP contribution in [0.3, 0.4) is 0 Å². The Morgan fingerprint density at radius 3 is 2.62 bits per heavy atom. The van der Waals surface area contributed by atoms with Crippen LogP contribution in [0.5, 0.6) is 0 Å². The number of hydrogen-bond donors (Lipinski definition) is 1. The molecule has 1 N–H and O–H groups in total. The topological polar surface area (TPSA) is 29.9 Å². The molecule has 2 rings (SSSR count). The third-order valence-corrected chi connectivity index (χ3v) is 4.72. The molecule has 0 amide bonds. The summed E-state index contributed by atoms with van der Waals surface area (Å²) in [5.74, 6) is 0. The maximum absolute atomic E-state index is 4.50. The summed E-state index contributed by atoms with van der Waals surface area (Å²) >= 11 is 7.36. The maximum atomic E-state index is 4.50. The van der Waals surface area contributed by atoms with Crippen LogP contribution < -0.4 is 5.32 Å². The smallest absolute Gasteiger partial charge is 0.0770 e. The van der Waals surface area contributed by atoms with E-state index in [-0.39, 0.29) is 6.04 Å². The molecule has 1 aromatic heterocycles. The van der Waals surface area contributed by atoms with Gasteiger partial charge in [0.1, 0.15) is 0 Å². The lowest BCUT2D eigenvalue weighted by Gasteiger charge is -2.22. The van der Waals surface area contributed by atoms with Gasteiger partial charge in [-0.25, -0.2) is 0 Å². The third kappa shape index (κ3) is 3.76. The molecule has 0 aliphatic carbocycles. The van der Waals surface area contributed by atoms with Gasteiger partial charge in [-0.15, -0.1) is 0 Å². The van der Waals surface area contributed by atoms with Crippen LogP contribution in [0.4, 0.5) is 0 Å². The van der Waals surface area contributed by atoms with Crippen molar-refractivity contribution in [3.63, 3.8) is 0 Å². The lowest BCUT2D eigenvalue weighted by atomic mass is 10.0. The Kier molecular flexibility index (Phi) is 6.02. The number of benzene rings is 1. The summed E-state index contributed by atoms with van der Waals surface area (Å²) in [6.07, 6.45) is 2.95. The molecular weight excluding hydrogens is 394 g/mol. The molecule has 0 saturated heterocycles. The summed E-state index contributed by atoms with van der Waals surface area (Å²) in [7, 11) is 0. The monoisotopic (exact) mass is 413 g/mol. The quantitative estimate of drug-likeness (QED) is 0.733. The van der Waals surface area contributed by atoms with Gasteiger partial charge in [0.15, 0.2) is 0 Å². The lowest BCUT2D eigenvalue weighted by Crippen LogP contribution is -2.25. The van der Waals surface area contributed by atoms with E-state index in [1.54, 1.807) is 0 Å². The van der Waals surface area contributed by atoms with Gasteiger partial charge in [0, 0.05) is 11.0 Å². The van der Waals surface area contributed by atoms with E-state index in [4.69, 9.17) is 0 Å². The first-order chi connectivity index (χ1) is 10.1. The Labute approximate surface area is 143 Å². The van der Waals surface area contributed by atoms with E-state index in [0.29, 0.717) is 0 Å². The lowest BCUT2D eigenvalue weighted by molar-refractivity contribution is 0.518. The van der Waals surface area contributed by atoms with Crippen molar-refractivity contribution in [2.75, 3.05) is 6.54 Å². The molecule has 3 nitrogen and oxygen atoms in total. The van der Waals surface area contributed by atoms with Crippen molar-refractivity contribution < 1.29 is 0 Å². The Balaban J connectivity index is 2.50. The van der Waals surface area contributed by atoms with Crippen molar-refractivity contribution in [1.29, 1.82) is 0 Å². The first-order valence-electron chi connectivity index (χ1n) is 7.29.